The predicted octanol–water partition coefficient (Wildman–Crippen LogP) is 3.20. The van der Waals surface area contributed by atoms with Crippen LogP contribution in [0, 0.1) is 17.8 Å². The lowest BCUT2D eigenvalue weighted by atomic mass is 9.74. The van der Waals surface area contributed by atoms with E-state index in [4.69, 9.17) is 0 Å². The van der Waals surface area contributed by atoms with Gasteiger partial charge in [0.05, 0.1) is 0 Å². The Kier molecular flexibility index (Phi) is 3.48. The Balaban J connectivity index is 1.43. The third-order valence-corrected chi connectivity index (χ3v) is 4.04. The molecule has 1 N–H and O–H groups in total. The lowest BCUT2D eigenvalue weighted by Crippen LogP contribution is -2.43. The Bertz CT molecular complexity index is 166. The molecule has 0 atom stereocenters. The first-order valence-corrected chi connectivity index (χ1v) is 6.49. The van der Waals surface area contributed by atoms with Crippen molar-refractivity contribution in [3.05, 3.63) is 0 Å². The molecule has 2 fully saturated rings. The van der Waals surface area contributed by atoms with Crippen molar-refractivity contribution >= 4 is 0 Å². The highest BCUT2D eigenvalue weighted by Gasteiger charge is 2.30. The van der Waals surface area contributed by atoms with Gasteiger partial charge in [-0.15, -0.1) is 0 Å². The van der Waals surface area contributed by atoms with E-state index in [1.807, 2.05) is 0 Å². The molecule has 0 radical (unpaired) electrons. The molecule has 0 unspecified atom stereocenters. The van der Waals surface area contributed by atoms with Gasteiger partial charge in [0.25, 0.3) is 0 Å². The maximum absolute atomic E-state index is 3.69. The summed E-state index contributed by atoms with van der Waals surface area (Å²) in [6, 6.07) is 0.863. The van der Waals surface area contributed by atoms with E-state index >= 15 is 0 Å². The third-order valence-electron chi connectivity index (χ3n) is 4.04. The summed E-state index contributed by atoms with van der Waals surface area (Å²) in [5.41, 5.74) is 0. The lowest BCUT2D eigenvalue weighted by Gasteiger charge is -2.38. The Morgan fingerprint density at radius 3 is 2.50 bits per heavy atom. The highest BCUT2D eigenvalue weighted by molar-refractivity contribution is 4.86. The molecule has 0 aromatic rings. The molecular formula is C13H25N. The number of rotatable bonds is 6. The second kappa shape index (κ2) is 4.65. The van der Waals surface area contributed by atoms with Gasteiger partial charge in [0.1, 0.15) is 0 Å². The van der Waals surface area contributed by atoms with Gasteiger partial charge < -0.3 is 5.32 Å². The minimum absolute atomic E-state index is 0.863. The Morgan fingerprint density at radius 2 is 1.93 bits per heavy atom. The van der Waals surface area contributed by atoms with Gasteiger partial charge in [-0.25, -0.2) is 0 Å². The van der Waals surface area contributed by atoms with Crippen LogP contribution in [0.15, 0.2) is 0 Å². The number of nitrogens with one attached hydrogen (secondary N) is 1. The van der Waals surface area contributed by atoms with E-state index in [-0.39, 0.29) is 0 Å². The maximum atomic E-state index is 3.69. The van der Waals surface area contributed by atoms with E-state index < -0.39 is 0 Å². The average Bonchev–Trinajstić information content (AvgIpc) is 2.83. The van der Waals surface area contributed by atoms with Gasteiger partial charge in [-0.1, -0.05) is 26.7 Å². The normalized spacial score (nSPS) is 31.9. The number of hydrogen-bond acceptors (Lipinski definition) is 1. The fourth-order valence-corrected chi connectivity index (χ4v) is 2.48. The van der Waals surface area contributed by atoms with Gasteiger partial charge in [0.15, 0.2) is 0 Å². The largest absolute Gasteiger partial charge is 0.314 e. The standard InChI is InChI=1S/C13H25N/c1-10(2)12-8-13(9-12)14-7-3-4-11-5-6-11/h10-14H,3-9H2,1-2H3. The molecule has 82 valence electrons. The fraction of sp³-hybridized carbons (Fsp3) is 1.00. The fourth-order valence-electron chi connectivity index (χ4n) is 2.48. The molecule has 2 saturated carbocycles. The molecule has 0 aromatic carbocycles. The van der Waals surface area contributed by atoms with Crippen molar-refractivity contribution in [1.29, 1.82) is 0 Å². The minimum atomic E-state index is 0.863. The van der Waals surface area contributed by atoms with Gasteiger partial charge >= 0.3 is 0 Å². The van der Waals surface area contributed by atoms with Crippen LogP contribution in [0.2, 0.25) is 0 Å². The van der Waals surface area contributed by atoms with Crippen LogP contribution in [0.1, 0.15) is 52.4 Å². The van der Waals surface area contributed by atoms with Gasteiger partial charge in [-0.3, -0.25) is 0 Å². The van der Waals surface area contributed by atoms with Crippen molar-refractivity contribution in [2.45, 2.75) is 58.4 Å². The molecule has 0 bridgehead atoms. The zero-order valence-corrected chi connectivity index (χ0v) is 9.76. The van der Waals surface area contributed by atoms with Crippen molar-refractivity contribution in [1.82, 2.24) is 5.32 Å². The van der Waals surface area contributed by atoms with Gasteiger partial charge in [-0.05, 0) is 50.0 Å². The van der Waals surface area contributed by atoms with E-state index in [1.165, 1.54) is 45.1 Å². The molecule has 0 saturated heterocycles. The average molecular weight is 195 g/mol. The van der Waals surface area contributed by atoms with Crippen LogP contribution in [-0.4, -0.2) is 12.6 Å². The molecule has 0 spiro atoms. The molecular weight excluding hydrogens is 170 g/mol. The smallest absolute Gasteiger partial charge is 0.00725 e. The minimum Gasteiger partial charge on any atom is -0.314 e. The maximum Gasteiger partial charge on any atom is 0.00725 e. The van der Waals surface area contributed by atoms with Crippen LogP contribution < -0.4 is 5.32 Å². The molecule has 14 heavy (non-hydrogen) atoms. The Labute approximate surface area is 88.7 Å². The van der Waals surface area contributed by atoms with E-state index in [0.717, 1.165) is 23.8 Å². The van der Waals surface area contributed by atoms with Crippen LogP contribution >= 0.6 is 0 Å². The van der Waals surface area contributed by atoms with Crippen LogP contribution in [0.4, 0.5) is 0 Å². The Morgan fingerprint density at radius 1 is 1.21 bits per heavy atom. The van der Waals surface area contributed by atoms with Crippen molar-refractivity contribution in [2.75, 3.05) is 6.54 Å². The van der Waals surface area contributed by atoms with Crippen molar-refractivity contribution < 1.29 is 0 Å². The highest BCUT2D eigenvalue weighted by Crippen LogP contribution is 2.34. The summed E-state index contributed by atoms with van der Waals surface area (Å²) in [6.07, 6.45) is 8.78. The van der Waals surface area contributed by atoms with Gasteiger partial charge in [0.2, 0.25) is 0 Å². The zero-order valence-electron chi connectivity index (χ0n) is 9.76. The summed E-state index contributed by atoms with van der Waals surface area (Å²) in [4.78, 5) is 0. The molecule has 0 aromatic heterocycles. The molecule has 2 aliphatic rings. The van der Waals surface area contributed by atoms with E-state index in [9.17, 15) is 0 Å². The number of hydrogen-bond donors (Lipinski definition) is 1. The van der Waals surface area contributed by atoms with Crippen LogP contribution in [-0.2, 0) is 0 Å². The quantitative estimate of drug-likeness (QED) is 0.642. The van der Waals surface area contributed by atoms with Gasteiger partial charge in [0, 0.05) is 6.04 Å². The van der Waals surface area contributed by atoms with E-state index in [1.54, 1.807) is 0 Å². The van der Waals surface area contributed by atoms with E-state index in [2.05, 4.69) is 19.2 Å². The molecule has 1 nitrogen and oxygen atoms in total. The Hall–Kier alpha value is -0.0400. The monoisotopic (exact) mass is 195 g/mol. The molecule has 2 aliphatic carbocycles. The first kappa shape index (κ1) is 10.5. The molecule has 2 rings (SSSR count). The second-order valence-electron chi connectivity index (χ2n) is 5.71. The van der Waals surface area contributed by atoms with Crippen molar-refractivity contribution in [3.63, 3.8) is 0 Å². The van der Waals surface area contributed by atoms with Gasteiger partial charge in [-0.2, -0.15) is 0 Å². The van der Waals surface area contributed by atoms with Crippen LogP contribution in [0.5, 0.6) is 0 Å². The first-order chi connectivity index (χ1) is 6.75. The summed E-state index contributed by atoms with van der Waals surface area (Å²) in [5, 5.41) is 3.69. The zero-order chi connectivity index (χ0) is 9.97. The van der Waals surface area contributed by atoms with Crippen molar-refractivity contribution in [2.24, 2.45) is 17.8 Å². The molecule has 1 heteroatoms. The topological polar surface area (TPSA) is 12.0 Å². The molecule has 0 aliphatic heterocycles. The predicted molar refractivity (Wildman–Crippen MR) is 61.3 cm³/mol. The van der Waals surface area contributed by atoms with Crippen LogP contribution in [0.3, 0.4) is 0 Å². The molecule has 0 amide bonds. The first-order valence-electron chi connectivity index (χ1n) is 6.49. The van der Waals surface area contributed by atoms with Crippen molar-refractivity contribution in [3.8, 4) is 0 Å². The van der Waals surface area contributed by atoms with E-state index in [0.29, 0.717) is 0 Å². The second-order valence-corrected chi connectivity index (χ2v) is 5.71. The third kappa shape index (κ3) is 2.98. The lowest BCUT2D eigenvalue weighted by molar-refractivity contribution is 0.168. The molecule has 0 heterocycles. The summed E-state index contributed by atoms with van der Waals surface area (Å²) >= 11 is 0. The highest BCUT2D eigenvalue weighted by atomic mass is 14.9. The van der Waals surface area contributed by atoms with Crippen LogP contribution in [0.25, 0.3) is 0 Å². The SMILES string of the molecule is CC(C)C1CC(NCCCC2CC2)C1. The summed E-state index contributed by atoms with van der Waals surface area (Å²) in [6.45, 7) is 5.98. The summed E-state index contributed by atoms with van der Waals surface area (Å²) in [7, 11) is 0. The summed E-state index contributed by atoms with van der Waals surface area (Å²) in [5.74, 6) is 3.03. The summed E-state index contributed by atoms with van der Waals surface area (Å²) < 4.78 is 0.